The van der Waals surface area contributed by atoms with Crippen molar-refractivity contribution in [3.63, 3.8) is 0 Å². The van der Waals surface area contributed by atoms with E-state index in [9.17, 15) is 0 Å². The van der Waals surface area contributed by atoms with E-state index in [0.717, 1.165) is 50.1 Å². The summed E-state index contributed by atoms with van der Waals surface area (Å²) in [6, 6.07) is 76.0. The molecule has 54 heavy (non-hydrogen) atoms. The fourth-order valence-electron chi connectivity index (χ4n) is 7.66. The van der Waals surface area contributed by atoms with Crippen LogP contribution in [0.15, 0.2) is 217 Å². The molecule has 9 aromatic carbocycles. The molecule has 0 aliphatic rings. The van der Waals surface area contributed by atoms with Crippen molar-refractivity contribution in [1.82, 2.24) is 0 Å². The van der Waals surface area contributed by atoms with Crippen molar-refractivity contribution < 1.29 is 4.42 Å². The zero-order chi connectivity index (χ0) is 35.8. The third kappa shape index (κ3) is 5.90. The highest BCUT2D eigenvalue weighted by Crippen LogP contribution is 2.40. The van der Waals surface area contributed by atoms with Crippen LogP contribution in [0.25, 0.3) is 77.2 Å². The van der Waals surface area contributed by atoms with Crippen LogP contribution in [0.4, 0.5) is 17.1 Å². The summed E-state index contributed by atoms with van der Waals surface area (Å²) in [5, 5.41) is 4.78. The second-order valence-electron chi connectivity index (χ2n) is 13.8. The molecule has 2 heteroatoms. The molecule has 0 N–H and O–H groups in total. The molecule has 1 heterocycles. The molecule has 0 bridgehead atoms. The average Bonchev–Trinajstić information content (AvgIpc) is 3.63. The van der Waals surface area contributed by atoms with Crippen LogP contribution in [0.3, 0.4) is 0 Å². The van der Waals surface area contributed by atoms with E-state index >= 15 is 0 Å². The summed E-state index contributed by atoms with van der Waals surface area (Å²) in [5.41, 5.74) is 14.5. The molecule has 10 rings (SSSR count). The highest BCUT2D eigenvalue weighted by atomic mass is 16.3. The van der Waals surface area contributed by atoms with Gasteiger partial charge in [-0.3, -0.25) is 0 Å². The maximum absolute atomic E-state index is 6.27. The van der Waals surface area contributed by atoms with Crippen LogP contribution < -0.4 is 4.90 Å². The first kappa shape index (κ1) is 31.6. The number of benzene rings is 9. The first-order chi connectivity index (χ1) is 26.7. The van der Waals surface area contributed by atoms with Crippen LogP contribution >= 0.6 is 0 Å². The monoisotopic (exact) mass is 689 g/mol. The maximum atomic E-state index is 6.27. The first-order valence-electron chi connectivity index (χ1n) is 18.4. The topological polar surface area (TPSA) is 16.4 Å². The number of nitrogens with zero attached hydrogens (tertiary/aromatic N) is 1. The smallest absolute Gasteiger partial charge is 0.136 e. The second kappa shape index (κ2) is 13.4. The Bertz CT molecular complexity index is 2920. The van der Waals surface area contributed by atoms with Crippen LogP contribution in [0.1, 0.15) is 0 Å². The Balaban J connectivity index is 1.02. The largest absolute Gasteiger partial charge is 0.456 e. The number of rotatable bonds is 7. The Labute approximate surface area is 314 Å². The Morgan fingerprint density at radius 3 is 1.54 bits per heavy atom. The highest BCUT2D eigenvalue weighted by molar-refractivity contribution is 6.06. The lowest BCUT2D eigenvalue weighted by molar-refractivity contribution is 0.669. The molecule has 0 aliphatic carbocycles. The molecule has 0 saturated heterocycles. The van der Waals surface area contributed by atoms with Gasteiger partial charge in [0.2, 0.25) is 0 Å². The summed E-state index contributed by atoms with van der Waals surface area (Å²) < 4.78 is 6.27. The fourth-order valence-corrected chi connectivity index (χ4v) is 7.66. The summed E-state index contributed by atoms with van der Waals surface area (Å²) in [7, 11) is 0. The lowest BCUT2D eigenvalue weighted by atomic mass is 9.97. The van der Waals surface area contributed by atoms with Crippen molar-refractivity contribution in [3.05, 3.63) is 212 Å². The van der Waals surface area contributed by atoms with Crippen molar-refractivity contribution in [2.75, 3.05) is 4.90 Å². The quantitative estimate of drug-likeness (QED) is 0.166. The van der Waals surface area contributed by atoms with Gasteiger partial charge in [-0.1, -0.05) is 146 Å². The molecule has 2 nitrogen and oxygen atoms in total. The lowest BCUT2D eigenvalue weighted by Crippen LogP contribution is -2.10. The Kier molecular flexibility index (Phi) is 7.85. The van der Waals surface area contributed by atoms with Gasteiger partial charge >= 0.3 is 0 Å². The van der Waals surface area contributed by atoms with Crippen molar-refractivity contribution in [2.24, 2.45) is 0 Å². The molecular formula is C52H35NO. The summed E-state index contributed by atoms with van der Waals surface area (Å²) in [6.45, 7) is 0. The van der Waals surface area contributed by atoms with Crippen molar-refractivity contribution >= 4 is 49.8 Å². The predicted octanol–water partition coefficient (Wildman–Crippen LogP) is 14.9. The van der Waals surface area contributed by atoms with E-state index in [1.54, 1.807) is 0 Å². The molecular weight excluding hydrogens is 655 g/mol. The molecule has 0 spiro atoms. The number of hydrogen-bond acceptors (Lipinski definition) is 2. The molecule has 0 unspecified atom stereocenters. The van der Waals surface area contributed by atoms with Crippen LogP contribution in [0.5, 0.6) is 0 Å². The van der Waals surface area contributed by atoms with E-state index in [0.29, 0.717) is 0 Å². The summed E-state index contributed by atoms with van der Waals surface area (Å²) in [4.78, 5) is 2.34. The van der Waals surface area contributed by atoms with Gasteiger partial charge in [-0.25, -0.2) is 0 Å². The number of fused-ring (bicyclic) bond motifs is 4. The molecule has 254 valence electrons. The van der Waals surface area contributed by atoms with Gasteiger partial charge in [0.25, 0.3) is 0 Å². The second-order valence-corrected chi connectivity index (χ2v) is 13.8. The van der Waals surface area contributed by atoms with Gasteiger partial charge in [0.05, 0.1) is 0 Å². The van der Waals surface area contributed by atoms with Crippen LogP contribution in [-0.2, 0) is 0 Å². The zero-order valence-corrected chi connectivity index (χ0v) is 29.6. The third-order valence-electron chi connectivity index (χ3n) is 10.5. The van der Waals surface area contributed by atoms with Gasteiger partial charge in [-0.2, -0.15) is 0 Å². The van der Waals surface area contributed by atoms with Crippen molar-refractivity contribution in [3.8, 4) is 44.5 Å². The Morgan fingerprint density at radius 1 is 0.259 bits per heavy atom. The minimum absolute atomic E-state index is 0.896. The number of anilines is 3. The van der Waals surface area contributed by atoms with Gasteiger partial charge < -0.3 is 9.32 Å². The van der Waals surface area contributed by atoms with Gasteiger partial charge in [-0.15, -0.1) is 0 Å². The SMILES string of the molecule is c1ccc(-c2ccc(N(c3ccc(-c4cccc(-c5ccc6ccccc6c5)c4)cc3)c3cccc(-c4ccc5c(c4)oc4ccccc45)c3)cc2)cc1. The molecule has 0 atom stereocenters. The molecule has 0 saturated carbocycles. The molecule has 10 aromatic rings. The van der Waals surface area contributed by atoms with Crippen LogP contribution in [0.2, 0.25) is 0 Å². The minimum atomic E-state index is 0.896. The van der Waals surface area contributed by atoms with Gasteiger partial charge in [0, 0.05) is 27.8 Å². The van der Waals surface area contributed by atoms with Gasteiger partial charge in [-0.05, 0) is 122 Å². The number of para-hydroxylation sites is 1. The Morgan fingerprint density at radius 2 is 0.759 bits per heavy atom. The number of furan rings is 1. The van der Waals surface area contributed by atoms with Crippen molar-refractivity contribution in [2.45, 2.75) is 0 Å². The summed E-state index contributed by atoms with van der Waals surface area (Å²) in [5.74, 6) is 0. The summed E-state index contributed by atoms with van der Waals surface area (Å²) >= 11 is 0. The predicted molar refractivity (Wildman–Crippen MR) is 228 cm³/mol. The lowest BCUT2D eigenvalue weighted by Gasteiger charge is -2.26. The molecule has 1 aromatic heterocycles. The number of hydrogen-bond donors (Lipinski definition) is 0. The standard InChI is InChI=1S/C52H35NO/c1-2-10-36(11-3-1)38-22-27-46(28-23-38)53(48-17-9-16-43(34-48)45-26-31-50-49-18-6-7-19-51(49)54-52(50)35-45)47-29-24-39(25-30-47)41-14-8-15-42(32-41)44-21-20-37-12-4-5-13-40(37)33-44/h1-35H. The zero-order valence-electron chi connectivity index (χ0n) is 29.6. The summed E-state index contributed by atoms with van der Waals surface area (Å²) in [6.07, 6.45) is 0. The maximum Gasteiger partial charge on any atom is 0.136 e. The van der Waals surface area contributed by atoms with Gasteiger partial charge in [0.1, 0.15) is 11.2 Å². The van der Waals surface area contributed by atoms with E-state index in [1.807, 2.05) is 12.1 Å². The fraction of sp³-hybridized carbons (Fsp3) is 0. The molecule has 0 amide bonds. The average molecular weight is 690 g/mol. The normalized spacial score (nSPS) is 11.3. The van der Waals surface area contributed by atoms with Gasteiger partial charge in [0.15, 0.2) is 0 Å². The van der Waals surface area contributed by atoms with E-state index in [-0.39, 0.29) is 0 Å². The van der Waals surface area contributed by atoms with E-state index in [4.69, 9.17) is 4.42 Å². The third-order valence-corrected chi connectivity index (χ3v) is 10.5. The van der Waals surface area contributed by atoms with E-state index in [1.165, 1.54) is 44.2 Å². The Hall–Kier alpha value is -7.16. The molecule has 0 radical (unpaired) electrons. The van der Waals surface area contributed by atoms with Crippen molar-refractivity contribution in [1.29, 1.82) is 0 Å². The molecule has 0 fully saturated rings. The van der Waals surface area contributed by atoms with Crippen LogP contribution in [0, 0.1) is 0 Å². The van der Waals surface area contributed by atoms with E-state index < -0.39 is 0 Å². The van der Waals surface area contributed by atoms with E-state index in [2.05, 4.69) is 205 Å². The molecule has 0 aliphatic heterocycles. The van der Waals surface area contributed by atoms with Crippen LogP contribution in [-0.4, -0.2) is 0 Å². The minimum Gasteiger partial charge on any atom is -0.456 e. The first-order valence-corrected chi connectivity index (χ1v) is 18.4. The highest BCUT2D eigenvalue weighted by Gasteiger charge is 2.16.